The Morgan fingerprint density at radius 1 is 1.12 bits per heavy atom. The fraction of sp³-hybridized carbons (Fsp3) is 0.571. The van der Waals surface area contributed by atoms with E-state index in [-0.39, 0.29) is 30.0 Å². The number of nitrogens with zero attached hydrogens (tertiary/aromatic N) is 4. The highest BCUT2D eigenvalue weighted by atomic mass is 16.5. The number of H-pyrrole nitrogens is 1. The smallest absolute Gasteiger partial charge is 0.409 e. The number of ether oxygens (including phenoxy) is 1. The normalized spacial score (nSPS) is 17.2. The molecule has 1 fully saturated rings. The number of alkyl carbamates (subject to hydrolysis) is 1. The lowest BCUT2D eigenvalue weighted by molar-refractivity contribution is -0.129. The average molecular weight is 557 g/mol. The van der Waals surface area contributed by atoms with Gasteiger partial charge in [-0.2, -0.15) is 0 Å². The number of nitrogens with one attached hydrogen (secondary N) is 3. The summed E-state index contributed by atoms with van der Waals surface area (Å²) in [6.45, 7) is 15.2. The Hall–Kier alpha value is -3.80. The second-order valence-corrected chi connectivity index (χ2v) is 11.9. The number of carbonyl (C=O) groups excluding carboxylic acids is 3. The van der Waals surface area contributed by atoms with Crippen LogP contribution in [0.1, 0.15) is 60.5 Å². The van der Waals surface area contributed by atoms with Crippen molar-refractivity contribution in [1.29, 1.82) is 0 Å². The van der Waals surface area contributed by atoms with Gasteiger partial charge in [-0.3, -0.25) is 14.6 Å². The van der Waals surface area contributed by atoms with E-state index >= 15 is 0 Å². The van der Waals surface area contributed by atoms with Gasteiger partial charge in [-0.25, -0.2) is 14.6 Å². The van der Waals surface area contributed by atoms with Gasteiger partial charge in [0.15, 0.2) is 5.95 Å². The highest BCUT2D eigenvalue weighted by Gasteiger charge is 2.43. The molecule has 40 heavy (non-hydrogen) atoms. The van der Waals surface area contributed by atoms with Gasteiger partial charge in [-0.1, -0.05) is 37.3 Å². The summed E-state index contributed by atoms with van der Waals surface area (Å²) in [4.78, 5) is 52.6. The molecule has 1 aliphatic heterocycles. The minimum atomic E-state index is -0.804. The van der Waals surface area contributed by atoms with E-state index in [4.69, 9.17) is 10.5 Å². The molecule has 5 N–H and O–H groups in total. The molecule has 1 aromatic carbocycles. The average Bonchev–Trinajstić information content (AvgIpc) is 3.30. The highest BCUT2D eigenvalue weighted by molar-refractivity contribution is 5.96. The molecule has 3 rings (SSSR count). The fourth-order valence-corrected chi connectivity index (χ4v) is 4.58. The molecule has 12 heteroatoms. The largest absolute Gasteiger partial charge is 0.445 e. The molecule has 0 bridgehead atoms. The first-order chi connectivity index (χ1) is 18.7. The zero-order chi connectivity index (χ0) is 29.7. The molecule has 1 aromatic heterocycles. The van der Waals surface area contributed by atoms with Gasteiger partial charge in [-0.05, 0) is 53.5 Å². The van der Waals surface area contributed by atoms with E-state index < -0.39 is 23.8 Å². The number of carbonyl (C=O) groups is 3. The van der Waals surface area contributed by atoms with Crippen LogP contribution in [0.2, 0.25) is 0 Å². The monoisotopic (exact) mass is 556 g/mol. The molecule has 1 aliphatic rings. The van der Waals surface area contributed by atoms with Crippen molar-refractivity contribution in [2.45, 2.75) is 84.8 Å². The van der Waals surface area contributed by atoms with Gasteiger partial charge < -0.3 is 31.0 Å². The summed E-state index contributed by atoms with van der Waals surface area (Å²) >= 11 is 0. The third-order valence-electron chi connectivity index (χ3n) is 6.79. The summed E-state index contributed by atoms with van der Waals surface area (Å²) in [6.07, 6.45) is 0.623. The summed E-state index contributed by atoms with van der Waals surface area (Å²) in [7, 11) is 0. The Bertz CT molecular complexity index is 1160. The standard InChI is InChI=1S/C28H44N8O4/c1-8-21(32-25(38)40-18-19-12-10-9-11-13-19)31-23(37)20-17-34(27(2,3)4)14-15-35(20)26(39)36(28(5,6)7)22-16-30-24(29)33-22/h9-13,16,20-21H,8,14-15,17-18H2,1-7H3,(H,31,37)(H,32,38)(H3,29,30,33)/t20-,21?/m1/s1. The number of rotatable bonds is 7. The zero-order valence-corrected chi connectivity index (χ0v) is 24.7. The van der Waals surface area contributed by atoms with Crippen LogP contribution in [0.4, 0.5) is 21.4 Å². The molecule has 2 heterocycles. The third kappa shape index (κ3) is 7.87. The summed E-state index contributed by atoms with van der Waals surface area (Å²) in [5.41, 5.74) is 5.83. The van der Waals surface area contributed by atoms with Crippen molar-refractivity contribution < 1.29 is 19.1 Å². The van der Waals surface area contributed by atoms with E-state index in [2.05, 4.69) is 46.3 Å². The molecule has 0 saturated carbocycles. The fourth-order valence-electron chi connectivity index (χ4n) is 4.58. The zero-order valence-electron chi connectivity index (χ0n) is 24.7. The first kappa shape index (κ1) is 30.7. The maximum absolute atomic E-state index is 14.1. The quantitative estimate of drug-likeness (QED) is 0.382. The lowest BCUT2D eigenvalue weighted by Gasteiger charge is -2.48. The molecule has 2 aromatic rings. The maximum atomic E-state index is 14.1. The summed E-state index contributed by atoms with van der Waals surface area (Å²) in [5, 5.41) is 5.63. The van der Waals surface area contributed by atoms with Crippen molar-refractivity contribution in [3.63, 3.8) is 0 Å². The van der Waals surface area contributed by atoms with Crippen molar-refractivity contribution >= 4 is 29.8 Å². The summed E-state index contributed by atoms with van der Waals surface area (Å²) < 4.78 is 5.33. The van der Waals surface area contributed by atoms with Crippen molar-refractivity contribution in [2.75, 3.05) is 30.3 Å². The number of aromatic amines is 1. The van der Waals surface area contributed by atoms with E-state index in [0.717, 1.165) is 5.56 Å². The number of nitrogens with two attached hydrogens (primary N) is 1. The number of benzene rings is 1. The number of nitrogen functional groups attached to an aromatic ring is 1. The van der Waals surface area contributed by atoms with E-state index in [1.165, 1.54) is 6.20 Å². The van der Waals surface area contributed by atoms with Crippen LogP contribution in [0.15, 0.2) is 36.5 Å². The van der Waals surface area contributed by atoms with Crippen LogP contribution in [0, 0.1) is 0 Å². The second kappa shape index (κ2) is 12.6. The molecule has 12 nitrogen and oxygen atoms in total. The number of hydrogen-bond acceptors (Lipinski definition) is 7. The van der Waals surface area contributed by atoms with Crippen LogP contribution in [0.5, 0.6) is 0 Å². The van der Waals surface area contributed by atoms with Gasteiger partial charge in [0, 0.05) is 30.7 Å². The van der Waals surface area contributed by atoms with Gasteiger partial charge in [0.05, 0.1) is 6.20 Å². The second-order valence-electron chi connectivity index (χ2n) is 11.9. The van der Waals surface area contributed by atoms with Crippen LogP contribution in [-0.2, 0) is 16.1 Å². The number of piperazine rings is 1. The van der Waals surface area contributed by atoms with E-state index in [0.29, 0.717) is 31.9 Å². The number of urea groups is 1. The summed E-state index contributed by atoms with van der Waals surface area (Å²) in [5.74, 6) is 0.275. The minimum Gasteiger partial charge on any atom is -0.445 e. The van der Waals surface area contributed by atoms with Crippen molar-refractivity contribution in [2.24, 2.45) is 0 Å². The molecule has 0 radical (unpaired) electrons. The molecule has 1 unspecified atom stereocenters. The molecule has 0 spiro atoms. The summed E-state index contributed by atoms with van der Waals surface area (Å²) in [6, 6.07) is 8.20. The molecule has 220 valence electrons. The lowest BCUT2D eigenvalue weighted by atomic mass is 10.0. The molecular weight excluding hydrogens is 512 g/mol. The Balaban J connectivity index is 1.78. The van der Waals surface area contributed by atoms with Gasteiger partial charge in [0.25, 0.3) is 0 Å². The predicted octanol–water partition coefficient (Wildman–Crippen LogP) is 3.28. The minimum absolute atomic E-state index is 0.114. The maximum Gasteiger partial charge on any atom is 0.409 e. The van der Waals surface area contributed by atoms with Gasteiger partial charge in [0.2, 0.25) is 5.91 Å². The Morgan fingerprint density at radius 3 is 2.35 bits per heavy atom. The van der Waals surface area contributed by atoms with Crippen LogP contribution in [-0.4, -0.2) is 80.7 Å². The van der Waals surface area contributed by atoms with Crippen LogP contribution < -0.4 is 21.3 Å². The van der Waals surface area contributed by atoms with Gasteiger partial charge in [-0.15, -0.1) is 0 Å². The Labute approximate surface area is 236 Å². The van der Waals surface area contributed by atoms with E-state index in [1.807, 2.05) is 58.0 Å². The number of imidazole rings is 1. The van der Waals surface area contributed by atoms with Crippen molar-refractivity contribution in [1.82, 2.24) is 30.4 Å². The molecule has 1 saturated heterocycles. The van der Waals surface area contributed by atoms with Crippen LogP contribution in [0.3, 0.4) is 0 Å². The Morgan fingerprint density at radius 2 is 1.80 bits per heavy atom. The topological polar surface area (TPSA) is 149 Å². The number of aromatic nitrogens is 2. The molecule has 0 aliphatic carbocycles. The van der Waals surface area contributed by atoms with Crippen molar-refractivity contribution in [3.05, 3.63) is 42.1 Å². The first-order valence-corrected chi connectivity index (χ1v) is 13.6. The van der Waals surface area contributed by atoms with E-state index in [1.54, 1.807) is 9.80 Å². The van der Waals surface area contributed by atoms with E-state index in [9.17, 15) is 14.4 Å². The Kier molecular flexibility index (Phi) is 9.67. The predicted molar refractivity (Wildman–Crippen MR) is 154 cm³/mol. The number of anilines is 2. The molecule has 4 amide bonds. The third-order valence-corrected chi connectivity index (χ3v) is 6.79. The van der Waals surface area contributed by atoms with Gasteiger partial charge >= 0.3 is 12.1 Å². The number of amides is 4. The van der Waals surface area contributed by atoms with Crippen molar-refractivity contribution in [3.8, 4) is 0 Å². The van der Waals surface area contributed by atoms with Crippen LogP contribution >= 0.6 is 0 Å². The molecular formula is C28H44N8O4. The SMILES string of the molecule is CCC(NC(=O)OCc1ccccc1)NC(=O)[C@H]1CN(C(C)(C)C)CCN1C(=O)N(c1cnc(N)[nH]1)C(C)(C)C. The highest BCUT2D eigenvalue weighted by Crippen LogP contribution is 2.27. The first-order valence-electron chi connectivity index (χ1n) is 13.6. The molecule has 2 atom stereocenters. The number of hydrogen-bond donors (Lipinski definition) is 4. The van der Waals surface area contributed by atoms with Crippen LogP contribution in [0.25, 0.3) is 0 Å². The lowest BCUT2D eigenvalue weighted by Crippen LogP contribution is -2.67. The van der Waals surface area contributed by atoms with Gasteiger partial charge in [0.1, 0.15) is 24.6 Å².